The molecule has 126 valence electrons. The second-order valence-electron chi connectivity index (χ2n) is 5.61. The molecular formula is C19H15FN2O2S. The summed E-state index contributed by atoms with van der Waals surface area (Å²) < 4.78 is 15.4. The minimum absolute atomic E-state index is 0.0374. The van der Waals surface area contributed by atoms with Crippen LogP contribution in [0.15, 0.2) is 35.2 Å². The third-order valence-electron chi connectivity index (χ3n) is 3.95. The SMILES string of the molecule is C#CCN1C(=O)S/C(=C/c2cc(C)n(-c3cccc(F)c3)c2C)C1=O. The van der Waals surface area contributed by atoms with E-state index in [9.17, 15) is 14.0 Å². The van der Waals surface area contributed by atoms with Crippen LogP contribution in [0.25, 0.3) is 11.8 Å². The van der Waals surface area contributed by atoms with Crippen LogP contribution in [0.4, 0.5) is 9.18 Å². The molecule has 4 nitrogen and oxygen atoms in total. The number of thioether (sulfide) groups is 1. The van der Waals surface area contributed by atoms with Crippen molar-refractivity contribution in [3.63, 3.8) is 0 Å². The topological polar surface area (TPSA) is 42.3 Å². The van der Waals surface area contributed by atoms with E-state index in [4.69, 9.17) is 6.42 Å². The maximum atomic E-state index is 13.5. The van der Waals surface area contributed by atoms with E-state index in [1.54, 1.807) is 12.1 Å². The minimum Gasteiger partial charge on any atom is -0.318 e. The summed E-state index contributed by atoms with van der Waals surface area (Å²) in [6, 6.07) is 8.20. The Morgan fingerprint density at radius 1 is 1.28 bits per heavy atom. The monoisotopic (exact) mass is 354 g/mol. The summed E-state index contributed by atoms with van der Waals surface area (Å²) in [5.74, 6) is 1.61. The van der Waals surface area contributed by atoms with Crippen LogP contribution >= 0.6 is 11.8 Å². The Bertz CT molecular complexity index is 953. The van der Waals surface area contributed by atoms with E-state index in [-0.39, 0.29) is 23.5 Å². The van der Waals surface area contributed by atoms with Crippen molar-refractivity contribution in [2.75, 3.05) is 6.54 Å². The molecule has 0 aliphatic carbocycles. The lowest BCUT2D eigenvalue weighted by molar-refractivity contribution is -0.122. The van der Waals surface area contributed by atoms with E-state index in [2.05, 4.69) is 5.92 Å². The van der Waals surface area contributed by atoms with Gasteiger partial charge >= 0.3 is 0 Å². The Kier molecular flexibility index (Phi) is 4.51. The Morgan fingerprint density at radius 3 is 2.72 bits per heavy atom. The minimum atomic E-state index is -0.386. The van der Waals surface area contributed by atoms with Crippen LogP contribution in [0.1, 0.15) is 17.0 Å². The van der Waals surface area contributed by atoms with Crippen molar-refractivity contribution in [1.29, 1.82) is 0 Å². The zero-order chi connectivity index (χ0) is 18.1. The molecule has 1 aromatic heterocycles. The fourth-order valence-electron chi connectivity index (χ4n) is 2.82. The van der Waals surface area contributed by atoms with E-state index in [0.717, 1.165) is 33.6 Å². The van der Waals surface area contributed by atoms with E-state index in [1.165, 1.54) is 12.1 Å². The number of aromatic nitrogens is 1. The molecule has 0 bridgehead atoms. The highest BCUT2D eigenvalue weighted by Crippen LogP contribution is 2.33. The lowest BCUT2D eigenvalue weighted by Gasteiger charge is -2.09. The zero-order valence-electron chi connectivity index (χ0n) is 13.7. The van der Waals surface area contributed by atoms with Gasteiger partial charge in [-0.05, 0) is 61.5 Å². The fourth-order valence-corrected chi connectivity index (χ4v) is 3.64. The first-order chi connectivity index (χ1) is 11.9. The van der Waals surface area contributed by atoms with Gasteiger partial charge in [-0.15, -0.1) is 6.42 Å². The van der Waals surface area contributed by atoms with Crippen LogP contribution in [0.2, 0.25) is 0 Å². The number of amides is 2. The molecule has 3 rings (SSSR count). The normalized spacial score (nSPS) is 15.9. The van der Waals surface area contributed by atoms with Gasteiger partial charge in [-0.3, -0.25) is 14.5 Å². The molecule has 2 aromatic rings. The van der Waals surface area contributed by atoms with Gasteiger partial charge in [0.15, 0.2) is 0 Å². The Hall–Kier alpha value is -2.78. The Labute approximate surface area is 149 Å². The number of hydrogen-bond acceptors (Lipinski definition) is 3. The number of aryl methyl sites for hydroxylation is 1. The molecule has 1 aliphatic heterocycles. The van der Waals surface area contributed by atoms with Crippen molar-refractivity contribution in [2.24, 2.45) is 0 Å². The van der Waals surface area contributed by atoms with Gasteiger partial charge < -0.3 is 4.57 Å². The number of benzene rings is 1. The molecule has 0 saturated carbocycles. The first-order valence-corrected chi connectivity index (χ1v) is 8.37. The summed E-state index contributed by atoms with van der Waals surface area (Å²) in [6.45, 7) is 3.75. The average molecular weight is 354 g/mol. The molecule has 0 N–H and O–H groups in total. The lowest BCUT2D eigenvalue weighted by atomic mass is 10.2. The second kappa shape index (κ2) is 6.61. The highest BCUT2D eigenvalue weighted by molar-refractivity contribution is 8.18. The van der Waals surface area contributed by atoms with E-state index >= 15 is 0 Å². The van der Waals surface area contributed by atoms with Gasteiger partial charge in [0.2, 0.25) is 0 Å². The standard InChI is InChI=1S/C19H15FN2O2S/c1-4-8-21-18(23)17(25-19(21)24)10-14-9-12(2)22(13(14)3)16-7-5-6-15(20)11-16/h1,5-7,9-11H,8H2,2-3H3/b17-10+. The van der Waals surface area contributed by atoms with Gasteiger partial charge in [-0.2, -0.15) is 0 Å². The van der Waals surface area contributed by atoms with E-state index < -0.39 is 0 Å². The molecule has 1 fully saturated rings. The molecule has 6 heteroatoms. The lowest BCUT2D eigenvalue weighted by Crippen LogP contribution is -2.28. The number of imide groups is 1. The molecule has 2 heterocycles. The van der Waals surface area contributed by atoms with Gasteiger partial charge in [0, 0.05) is 17.1 Å². The van der Waals surface area contributed by atoms with Gasteiger partial charge in [-0.1, -0.05) is 12.0 Å². The molecule has 1 saturated heterocycles. The third-order valence-corrected chi connectivity index (χ3v) is 4.85. The third kappa shape index (κ3) is 3.11. The maximum Gasteiger partial charge on any atom is 0.294 e. The molecule has 1 aromatic carbocycles. The molecular weight excluding hydrogens is 339 g/mol. The molecule has 0 atom stereocenters. The van der Waals surface area contributed by atoms with Crippen molar-refractivity contribution in [3.05, 3.63) is 58.0 Å². The fraction of sp³-hybridized carbons (Fsp3) is 0.158. The largest absolute Gasteiger partial charge is 0.318 e. The number of carbonyl (C=O) groups is 2. The van der Waals surface area contributed by atoms with Gasteiger partial charge in [0.05, 0.1) is 11.4 Å². The maximum absolute atomic E-state index is 13.5. The van der Waals surface area contributed by atoms with Gasteiger partial charge in [-0.25, -0.2) is 4.39 Å². The van der Waals surface area contributed by atoms with Crippen molar-refractivity contribution in [2.45, 2.75) is 13.8 Å². The Morgan fingerprint density at radius 2 is 2.04 bits per heavy atom. The highest BCUT2D eigenvalue weighted by Gasteiger charge is 2.34. The van der Waals surface area contributed by atoms with Crippen LogP contribution in [-0.4, -0.2) is 27.2 Å². The number of halogens is 1. The second-order valence-corrected chi connectivity index (χ2v) is 6.61. The van der Waals surface area contributed by atoms with E-state index in [0.29, 0.717) is 10.6 Å². The van der Waals surface area contributed by atoms with Crippen LogP contribution in [0.5, 0.6) is 0 Å². The molecule has 0 radical (unpaired) electrons. The first-order valence-electron chi connectivity index (χ1n) is 7.56. The quantitative estimate of drug-likeness (QED) is 0.620. The number of rotatable bonds is 3. The average Bonchev–Trinajstić information content (AvgIpc) is 2.98. The van der Waals surface area contributed by atoms with Crippen LogP contribution in [0.3, 0.4) is 0 Å². The molecule has 0 unspecified atom stereocenters. The smallest absolute Gasteiger partial charge is 0.294 e. The molecule has 0 spiro atoms. The number of terminal acetylenes is 1. The highest BCUT2D eigenvalue weighted by atomic mass is 32.2. The first kappa shape index (κ1) is 17.1. The summed E-state index contributed by atoms with van der Waals surface area (Å²) in [4.78, 5) is 25.5. The number of carbonyl (C=O) groups excluding carboxylic acids is 2. The zero-order valence-corrected chi connectivity index (χ0v) is 14.6. The van der Waals surface area contributed by atoms with Crippen LogP contribution in [0, 0.1) is 32.0 Å². The molecule has 25 heavy (non-hydrogen) atoms. The summed E-state index contributed by atoms with van der Waals surface area (Å²) >= 11 is 0.872. The molecule has 2 amide bonds. The summed E-state index contributed by atoms with van der Waals surface area (Å²) in [6.07, 6.45) is 6.88. The predicted octanol–water partition coefficient (Wildman–Crippen LogP) is 3.90. The van der Waals surface area contributed by atoms with Crippen molar-refractivity contribution < 1.29 is 14.0 Å². The Balaban J connectivity index is 2.01. The number of hydrogen-bond donors (Lipinski definition) is 0. The number of nitrogens with zero attached hydrogens (tertiary/aromatic N) is 2. The van der Waals surface area contributed by atoms with Crippen molar-refractivity contribution >= 4 is 29.0 Å². The predicted molar refractivity (Wildman–Crippen MR) is 96.7 cm³/mol. The summed E-state index contributed by atoms with van der Waals surface area (Å²) in [5.41, 5.74) is 3.26. The van der Waals surface area contributed by atoms with Gasteiger partial charge in [0.1, 0.15) is 5.82 Å². The molecule has 1 aliphatic rings. The van der Waals surface area contributed by atoms with Gasteiger partial charge in [0.25, 0.3) is 11.1 Å². The van der Waals surface area contributed by atoms with Crippen LogP contribution in [-0.2, 0) is 4.79 Å². The van der Waals surface area contributed by atoms with Crippen LogP contribution < -0.4 is 0 Å². The summed E-state index contributed by atoms with van der Waals surface area (Å²) in [5, 5.41) is -0.367. The van der Waals surface area contributed by atoms with Crippen molar-refractivity contribution in [3.8, 4) is 18.0 Å². The van der Waals surface area contributed by atoms with E-state index in [1.807, 2.05) is 30.5 Å². The summed E-state index contributed by atoms with van der Waals surface area (Å²) in [7, 11) is 0. The van der Waals surface area contributed by atoms with Crippen molar-refractivity contribution in [1.82, 2.24) is 9.47 Å².